The van der Waals surface area contributed by atoms with Crippen LogP contribution >= 0.6 is 11.3 Å². The van der Waals surface area contributed by atoms with Crippen LogP contribution in [0.5, 0.6) is 0 Å². The highest BCUT2D eigenvalue weighted by Gasteiger charge is 2.31. The van der Waals surface area contributed by atoms with E-state index in [1.54, 1.807) is 12.1 Å². The van der Waals surface area contributed by atoms with Crippen molar-refractivity contribution < 1.29 is 14.3 Å². The number of hydrogen-bond donors (Lipinski definition) is 1. The Kier molecular flexibility index (Phi) is 3.82. The number of cyclic esters (lactones) is 1. The van der Waals surface area contributed by atoms with E-state index < -0.39 is 12.1 Å². The van der Waals surface area contributed by atoms with E-state index in [0.717, 1.165) is 30.8 Å². The lowest BCUT2D eigenvalue weighted by Gasteiger charge is -2.23. The van der Waals surface area contributed by atoms with Crippen LogP contribution in [0.15, 0.2) is 24.3 Å². The number of anilines is 1. The summed E-state index contributed by atoms with van der Waals surface area (Å²) in [5.41, 5.74) is 2.43. The number of esters is 1. The minimum Gasteiger partial charge on any atom is -0.448 e. The number of benzene rings is 1. The van der Waals surface area contributed by atoms with Crippen molar-refractivity contribution in [2.45, 2.75) is 25.5 Å². The Bertz CT molecular complexity index is 817. The van der Waals surface area contributed by atoms with Crippen LogP contribution in [0, 0.1) is 0 Å². The Balaban J connectivity index is 1.49. The molecule has 1 atom stereocenters. The fraction of sp³-hybridized carbons (Fsp3) is 0.353. The third-order valence-corrected chi connectivity index (χ3v) is 5.33. The highest BCUT2D eigenvalue weighted by atomic mass is 32.1. The lowest BCUT2D eigenvalue weighted by atomic mass is 9.98. The third-order valence-electron chi connectivity index (χ3n) is 4.34. The Morgan fingerprint density at radius 1 is 1.42 bits per heavy atom. The molecule has 2 aliphatic rings. The molecule has 1 aromatic heterocycles. The van der Waals surface area contributed by atoms with Crippen molar-refractivity contribution in [3.8, 4) is 0 Å². The molecular weight excluding hydrogens is 326 g/mol. The molecule has 0 radical (unpaired) electrons. The number of hydrogen-bond acceptors (Lipinski definition) is 6. The molecule has 2 aliphatic heterocycles. The van der Waals surface area contributed by atoms with Crippen molar-refractivity contribution in [1.82, 2.24) is 9.88 Å². The first kappa shape index (κ1) is 15.3. The Morgan fingerprint density at radius 2 is 2.25 bits per heavy atom. The van der Waals surface area contributed by atoms with E-state index in [-0.39, 0.29) is 5.91 Å². The fourth-order valence-electron chi connectivity index (χ4n) is 3.04. The van der Waals surface area contributed by atoms with E-state index in [4.69, 9.17) is 4.74 Å². The molecule has 1 amide bonds. The molecule has 0 unspecified atom stereocenters. The summed E-state index contributed by atoms with van der Waals surface area (Å²) in [6, 6.07) is 7.22. The van der Waals surface area contributed by atoms with Crippen LogP contribution in [0.2, 0.25) is 0 Å². The van der Waals surface area contributed by atoms with Crippen molar-refractivity contribution in [3.05, 3.63) is 46.0 Å². The minimum absolute atomic E-state index is 0.322. The molecule has 7 heteroatoms. The van der Waals surface area contributed by atoms with Gasteiger partial charge in [-0.15, -0.1) is 11.3 Å². The number of fused-ring (bicyclic) bond motifs is 2. The SMILES string of the molecule is CN1CCc2nc(NC(=O)[C@H]3Cc4ccccc4C(=O)O3)sc2C1. The number of aromatic nitrogens is 1. The van der Waals surface area contributed by atoms with Crippen LogP contribution in [0.3, 0.4) is 0 Å². The summed E-state index contributed by atoms with van der Waals surface area (Å²) in [4.78, 5) is 32.4. The van der Waals surface area contributed by atoms with Crippen molar-refractivity contribution >= 4 is 28.3 Å². The van der Waals surface area contributed by atoms with Crippen molar-refractivity contribution in [3.63, 3.8) is 0 Å². The summed E-state index contributed by atoms with van der Waals surface area (Å²) in [6.45, 7) is 1.83. The first-order valence-corrected chi connectivity index (χ1v) is 8.68. The number of carbonyl (C=O) groups is 2. The van der Waals surface area contributed by atoms with E-state index in [2.05, 4.69) is 22.2 Å². The molecule has 6 nitrogen and oxygen atoms in total. The van der Waals surface area contributed by atoms with Gasteiger partial charge in [0, 0.05) is 30.8 Å². The van der Waals surface area contributed by atoms with Gasteiger partial charge in [-0.25, -0.2) is 9.78 Å². The van der Waals surface area contributed by atoms with Crippen molar-refractivity contribution in [2.75, 3.05) is 18.9 Å². The molecule has 3 heterocycles. The van der Waals surface area contributed by atoms with Crippen LogP contribution in [0.4, 0.5) is 5.13 Å². The number of likely N-dealkylation sites (N-methyl/N-ethyl adjacent to an activating group) is 1. The van der Waals surface area contributed by atoms with Crippen molar-refractivity contribution in [1.29, 1.82) is 0 Å². The number of rotatable bonds is 2. The smallest absolute Gasteiger partial charge is 0.339 e. The minimum atomic E-state index is -0.809. The maximum Gasteiger partial charge on any atom is 0.339 e. The number of thiazole rings is 1. The summed E-state index contributed by atoms with van der Waals surface area (Å²) in [5, 5.41) is 3.39. The zero-order chi connectivity index (χ0) is 16.7. The monoisotopic (exact) mass is 343 g/mol. The van der Waals surface area contributed by atoms with Gasteiger partial charge in [-0.05, 0) is 18.7 Å². The third kappa shape index (κ3) is 2.81. The molecule has 24 heavy (non-hydrogen) atoms. The van der Waals surface area contributed by atoms with E-state index in [9.17, 15) is 9.59 Å². The van der Waals surface area contributed by atoms with E-state index in [1.165, 1.54) is 16.2 Å². The van der Waals surface area contributed by atoms with Gasteiger partial charge < -0.3 is 9.64 Å². The summed E-state index contributed by atoms with van der Waals surface area (Å²) in [6.07, 6.45) is 0.474. The first-order chi connectivity index (χ1) is 11.6. The molecule has 124 valence electrons. The van der Waals surface area contributed by atoms with Crippen LogP contribution in [-0.2, 0) is 28.9 Å². The van der Waals surface area contributed by atoms with Crippen LogP contribution < -0.4 is 5.32 Å². The molecule has 2 aromatic rings. The number of amides is 1. The molecule has 0 spiro atoms. The van der Waals surface area contributed by atoms with Gasteiger partial charge in [-0.2, -0.15) is 0 Å². The Hall–Kier alpha value is -2.25. The zero-order valence-corrected chi connectivity index (χ0v) is 14.1. The van der Waals surface area contributed by atoms with Gasteiger partial charge in [-0.1, -0.05) is 18.2 Å². The Morgan fingerprint density at radius 3 is 3.12 bits per heavy atom. The summed E-state index contributed by atoms with van der Waals surface area (Å²) >= 11 is 1.49. The van der Waals surface area contributed by atoms with Crippen LogP contribution in [0.25, 0.3) is 0 Å². The van der Waals surface area contributed by atoms with Crippen molar-refractivity contribution in [2.24, 2.45) is 0 Å². The molecule has 0 saturated carbocycles. The summed E-state index contributed by atoms with van der Waals surface area (Å²) in [5.74, 6) is -0.769. The molecule has 1 N–H and O–H groups in total. The molecule has 4 rings (SSSR count). The lowest BCUT2D eigenvalue weighted by Crippen LogP contribution is -2.37. The number of ether oxygens (including phenoxy) is 1. The predicted molar refractivity (Wildman–Crippen MR) is 90.1 cm³/mol. The van der Waals surface area contributed by atoms with Gasteiger partial charge in [0.25, 0.3) is 5.91 Å². The lowest BCUT2D eigenvalue weighted by molar-refractivity contribution is -0.125. The van der Waals surface area contributed by atoms with E-state index in [1.807, 2.05) is 12.1 Å². The van der Waals surface area contributed by atoms with Gasteiger partial charge in [-0.3, -0.25) is 10.1 Å². The molecule has 0 saturated heterocycles. The number of carbonyl (C=O) groups excluding carboxylic acids is 2. The fourth-order valence-corrected chi connectivity index (χ4v) is 4.13. The highest BCUT2D eigenvalue weighted by Crippen LogP contribution is 2.28. The average Bonchev–Trinajstić information content (AvgIpc) is 2.96. The van der Waals surface area contributed by atoms with Gasteiger partial charge in [0.1, 0.15) is 0 Å². The average molecular weight is 343 g/mol. The second-order valence-electron chi connectivity index (χ2n) is 6.12. The largest absolute Gasteiger partial charge is 0.448 e. The highest BCUT2D eigenvalue weighted by molar-refractivity contribution is 7.15. The van der Waals surface area contributed by atoms with Gasteiger partial charge in [0.15, 0.2) is 11.2 Å². The standard InChI is InChI=1S/C17H17N3O3S/c1-20-7-6-12-14(9-20)24-17(18-12)19-15(21)13-8-10-4-2-3-5-11(10)16(22)23-13/h2-5,13H,6-9H2,1H3,(H,18,19,21)/t13-/m1/s1. The van der Waals surface area contributed by atoms with Gasteiger partial charge in [0.05, 0.1) is 11.3 Å². The van der Waals surface area contributed by atoms with Gasteiger partial charge >= 0.3 is 5.97 Å². The first-order valence-electron chi connectivity index (χ1n) is 7.87. The zero-order valence-electron chi connectivity index (χ0n) is 13.2. The second-order valence-corrected chi connectivity index (χ2v) is 7.20. The van der Waals surface area contributed by atoms with E-state index in [0.29, 0.717) is 17.1 Å². The van der Waals surface area contributed by atoms with Crippen LogP contribution in [-0.4, -0.2) is 41.5 Å². The summed E-state index contributed by atoms with van der Waals surface area (Å²) in [7, 11) is 2.07. The molecule has 0 aliphatic carbocycles. The molecule has 1 aromatic carbocycles. The van der Waals surface area contributed by atoms with Gasteiger partial charge in [0.2, 0.25) is 0 Å². The predicted octanol–water partition coefficient (Wildman–Crippen LogP) is 1.85. The van der Waals surface area contributed by atoms with Crippen LogP contribution in [0.1, 0.15) is 26.5 Å². The van der Waals surface area contributed by atoms with E-state index >= 15 is 0 Å². The number of nitrogens with one attached hydrogen (secondary N) is 1. The molecular formula is C17H17N3O3S. The topological polar surface area (TPSA) is 71.5 Å². The normalized spacial score (nSPS) is 20.0. The quantitative estimate of drug-likeness (QED) is 0.843. The number of nitrogens with zero attached hydrogens (tertiary/aromatic N) is 2. The summed E-state index contributed by atoms with van der Waals surface area (Å²) < 4.78 is 5.28. The maximum atomic E-state index is 12.5. The molecule has 0 bridgehead atoms. The maximum absolute atomic E-state index is 12.5. The molecule has 0 fully saturated rings. The Labute approximate surface area is 143 Å². The second kappa shape index (κ2) is 5.99.